The van der Waals surface area contributed by atoms with E-state index < -0.39 is 0 Å². The Morgan fingerprint density at radius 3 is 3.09 bits per heavy atom. The summed E-state index contributed by atoms with van der Waals surface area (Å²) in [4.78, 5) is 11.0. The van der Waals surface area contributed by atoms with Gasteiger partial charge in [-0.15, -0.1) is 35.3 Å². The average molecular weight is 460 g/mol. The number of hydrogen-bond donors (Lipinski definition) is 1. The number of para-hydroxylation sites is 1. The number of thiazole rings is 1. The van der Waals surface area contributed by atoms with Gasteiger partial charge in [-0.1, -0.05) is 30.0 Å². The van der Waals surface area contributed by atoms with Crippen molar-refractivity contribution in [3.63, 3.8) is 0 Å². The fraction of sp³-hybridized carbons (Fsp3) is 0.375. The SMILES string of the molecule is CN=C(NCCCSc1nccs1)N1CCc2ccccc21.I. The van der Waals surface area contributed by atoms with Crippen LogP contribution in [0.25, 0.3) is 0 Å². The number of nitrogens with one attached hydrogen (secondary N) is 1. The van der Waals surface area contributed by atoms with Gasteiger partial charge in [-0.2, -0.15) is 0 Å². The molecule has 7 heteroatoms. The quantitative estimate of drug-likeness (QED) is 0.242. The van der Waals surface area contributed by atoms with Crippen molar-refractivity contribution in [2.45, 2.75) is 17.2 Å². The summed E-state index contributed by atoms with van der Waals surface area (Å²) in [6.45, 7) is 1.94. The topological polar surface area (TPSA) is 40.5 Å². The monoisotopic (exact) mass is 460 g/mol. The highest BCUT2D eigenvalue weighted by atomic mass is 127. The van der Waals surface area contributed by atoms with E-state index in [1.165, 1.54) is 11.3 Å². The summed E-state index contributed by atoms with van der Waals surface area (Å²) in [6, 6.07) is 8.57. The van der Waals surface area contributed by atoms with Crippen molar-refractivity contribution in [2.75, 3.05) is 30.8 Å². The zero-order valence-corrected chi connectivity index (χ0v) is 17.0. The predicted molar refractivity (Wildman–Crippen MR) is 112 cm³/mol. The van der Waals surface area contributed by atoms with E-state index in [2.05, 4.69) is 44.5 Å². The van der Waals surface area contributed by atoms with Gasteiger partial charge in [0.15, 0.2) is 5.96 Å². The van der Waals surface area contributed by atoms with E-state index >= 15 is 0 Å². The van der Waals surface area contributed by atoms with Gasteiger partial charge in [0.25, 0.3) is 0 Å². The summed E-state index contributed by atoms with van der Waals surface area (Å²) in [5, 5.41) is 5.50. The lowest BCUT2D eigenvalue weighted by molar-refractivity contribution is 0.822. The summed E-state index contributed by atoms with van der Waals surface area (Å²) in [5.74, 6) is 2.05. The Balaban J connectivity index is 0.00000192. The van der Waals surface area contributed by atoms with Crippen molar-refractivity contribution in [1.29, 1.82) is 0 Å². The normalized spacial score (nSPS) is 13.6. The van der Waals surface area contributed by atoms with Crippen LogP contribution in [0, 0.1) is 0 Å². The molecule has 0 fully saturated rings. The van der Waals surface area contributed by atoms with E-state index in [4.69, 9.17) is 0 Å². The van der Waals surface area contributed by atoms with Crippen molar-refractivity contribution < 1.29 is 0 Å². The third-order valence-electron chi connectivity index (χ3n) is 3.59. The number of benzene rings is 1. The first-order chi connectivity index (χ1) is 10.9. The molecule has 1 aromatic heterocycles. The van der Waals surface area contributed by atoms with Crippen LogP contribution in [-0.2, 0) is 6.42 Å². The van der Waals surface area contributed by atoms with Crippen LogP contribution in [0.15, 0.2) is 45.2 Å². The van der Waals surface area contributed by atoms with E-state index in [1.54, 1.807) is 11.3 Å². The van der Waals surface area contributed by atoms with Crippen LogP contribution in [0.4, 0.5) is 5.69 Å². The summed E-state index contributed by atoms with van der Waals surface area (Å²) in [5.41, 5.74) is 2.69. The predicted octanol–water partition coefficient (Wildman–Crippen LogP) is 3.88. The Morgan fingerprint density at radius 2 is 2.30 bits per heavy atom. The van der Waals surface area contributed by atoms with Gasteiger partial charge >= 0.3 is 0 Å². The van der Waals surface area contributed by atoms with Crippen molar-refractivity contribution in [3.8, 4) is 0 Å². The molecule has 4 nitrogen and oxygen atoms in total. The number of aromatic nitrogens is 1. The Bertz CT molecular complexity index is 631. The number of nitrogens with zero attached hydrogens (tertiary/aromatic N) is 3. The third-order valence-corrected chi connectivity index (χ3v) is 5.65. The number of anilines is 1. The van der Waals surface area contributed by atoms with Gasteiger partial charge in [0, 0.05) is 43.2 Å². The van der Waals surface area contributed by atoms with Crippen molar-refractivity contribution in [2.24, 2.45) is 4.99 Å². The molecule has 1 aromatic carbocycles. The van der Waals surface area contributed by atoms with Crippen molar-refractivity contribution in [1.82, 2.24) is 10.3 Å². The van der Waals surface area contributed by atoms with Crippen molar-refractivity contribution in [3.05, 3.63) is 41.4 Å². The van der Waals surface area contributed by atoms with E-state index in [1.807, 2.05) is 30.4 Å². The average Bonchev–Trinajstić information content (AvgIpc) is 3.20. The first kappa shape index (κ1) is 18.5. The molecule has 0 unspecified atom stereocenters. The number of fused-ring (bicyclic) bond motifs is 1. The van der Waals surface area contributed by atoms with Crippen LogP contribution >= 0.6 is 47.1 Å². The summed E-state index contributed by atoms with van der Waals surface area (Å²) >= 11 is 3.53. The summed E-state index contributed by atoms with van der Waals surface area (Å²) < 4.78 is 1.15. The minimum absolute atomic E-state index is 0. The molecule has 0 bridgehead atoms. The molecule has 0 saturated carbocycles. The molecule has 1 N–H and O–H groups in total. The van der Waals surface area contributed by atoms with E-state index in [0.29, 0.717) is 0 Å². The third kappa shape index (κ3) is 4.84. The number of rotatable bonds is 5. The molecular weight excluding hydrogens is 439 g/mol. The molecular formula is C16H21IN4S2. The smallest absolute Gasteiger partial charge is 0.198 e. The Morgan fingerprint density at radius 1 is 1.43 bits per heavy atom. The largest absolute Gasteiger partial charge is 0.356 e. The highest BCUT2D eigenvalue weighted by Crippen LogP contribution is 2.27. The van der Waals surface area contributed by atoms with E-state index in [9.17, 15) is 0 Å². The van der Waals surface area contributed by atoms with Crippen LogP contribution in [0.5, 0.6) is 0 Å². The Labute approximate surface area is 162 Å². The second-order valence-corrected chi connectivity index (χ2v) is 7.24. The van der Waals surface area contributed by atoms with Gasteiger partial charge in [-0.3, -0.25) is 4.99 Å². The molecule has 1 aliphatic heterocycles. The summed E-state index contributed by atoms with van der Waals surface area (Å²) in [7, 11) is 1.85. The van der Waals surface area contributed by atoms with E-state index in [-0.39, 0.29) is 24.0 Å². The number of thioether (sulfide) groups is 1. The number of hydrogen-bond acceptors (Lipinski definition) is 4. The lowest BCUT2D eigenvalue weighted by atomic mass is 10.2. The minimum atomic E-state index is 0. The van der Waals surface area contributed by atoms with Crippen LogP contribution in [0.3, 0.4) is 0 Å². The second-order valence-electron chi connectivity index (χ2n) is 5.00. The number of guanidine groups is 1. The standard InChI is InChI=1S/C16H20N4S2.HI/c1-17-15(18-8-4-11-21-16-19-9-12-22-16)20-10-7-13-5-2-3-6-14(13)20;/h2-3,5-6,9,12H,4,7-8,10-11H2,1H3,(H,17,18);1H. The summed E-state index contributed by atoms with van der Waals surface area (Å²) in [6.07, 6.45) is 4.05. The van der Waals surface area contributed by atoms with Gasteiger partial charge in [0.1, 0.15) is 4.34 Å². The fourth-order valence-electron chi connectivity index (χ4n) is 2.57. The molecule has 0 amide bonds. The molecule has 0 spiro atoms. The maximum absolute atomic E-state index is 4.43. The highest BCUT2D eigenvalue weighted by Gasteiger charge is 2.21. The molecule has 0 aliphatic carbocycles. The Hall–Kier alpha value is -0.800. The van der Waals surface area contributed by atoms with Gasteiger partial charge in [0.2, 0.25) is 0 Å². The molecule has 0 radical (unpaired) electrons. The first-order valence-electron chi connectivity index (χ1n) is 7.47. The van der Waals surface area contributed by atoms with E-state index in [0.717, 1.165) is 42.0 Å². The minimum Gasteiger partial charge on any atom is -0.356 e. The zero-order chi connectivity index (χ0) is 15.2. The molecule has 2 heterocycles. The van der Waals surface area contributed by atoms with Crippen LogP contribution in [0.1, 0.15) is 12.0 Å². The Kier molecular flexibility index (Phi) is 7.64. The van der Waals surface area contributed by atoms with Crippen LogP contribution < -0.4 is 10.2 Å². The van der Waals surface area contributed by atoms with Gasteiger partial charge in [-0.25, -0.2) is 4.98 Å². The number of aliphatic imine (C=N–C) groups is 1. The zero-order valence-electron chi connectivity index (χ0n) is 13.1. The molecule has 2 aromatic rings. The van der Waals surface area contributed by atoms with Gasteiger partial charge in [-0.05, 0) is 24.5 Å². The lowest BCUT2D eigenvalue weighted by Crippen LogP contribution is -2.41. The molecule has 0 saturated heterocycles. The van der Waals surface area contributed by atoms with Crippen LogP contribution in [-0.4, -0.2) is 36.8 Å². The molecule has 3 rings (SSSR count). The molecule has 124 valence electrons. The molecule has 1 aliphatic rings. The number of halogens is 1. The maximum atomic E-state index is 4.43. The first-order valence-corrected chi connectivity index (χ1v) is 9.33. The molecule has 23 heavy (non-hydrogen) atoms. The van der Waals surface area contributed by atoms with Gasteiger partial charge in [0.05, 0.1) is 0 Å². The van der Waals surface area contributed by atoms with Crippen LogP contribution in [0.2, 0.25) is 0 Å². The fourth-order valence-corrected chi connectivity index (χ4v) is 4.21. The molecule has 0 atom stereocenters. The lowest BCUT2D eigenvalue weighted by Gasteiger charge is -2.22. The second kappa shape index (κ2) is 9.48. The maximum Gasteiger partial charge on any atom is 0.198 e. The highest BCUT2D eigenvalue weighted by molar-refractivity contribution is 14.0. The van der Waals surface area contributed by atoms with Gasteiger partial charge < -0.3 is 10.2 Å². The van der Waals surface area contributed by atoms with Crippen molar-refractivity contribution >= 4 is 58.7 Å².